The number of amides is 1. The van der Waals surface area contributed by atoms with E-state index in [2.05, 4.69) is 5.32 Å². The summed E-state index contributed by atoms with van der Waals surface area (Å²) in [4.78, 5) is 12.5. The van der Waals surface area contributed by atoms with Crippen LogP contribution in [0, 0.1) is 0 Å². The SMILES string of the molecule is NC1(NC(=O)c2cccs2)CCCCC1. The molecule has 0 aromatic carbocycles. The van der Waals surface area contributed by atoms with Crippen LogP contribution in [0.15, 0.2) is 17.5 Å². The van der Waals surface area contributed by atoms with Gasteiger partial charge in [-0.15, -0.1) is 11.3 Å². The van der Waals surface area contributed by atoms with Gasteiger partial charge in [0.15, 0.2) is 0 Å². The number of carbonyl (C=O) groups excluding carboxylic acids is 1. The van der Waals surface area contributed by atoms with Gasteiger partial charge in [0, 0.05) is 0 Å². The van der Waals surface area contributed by atoms with E-state index in [0.717, 1.165) is 30.6 Å². The zero-order valence-corrected chi connectivity index (χ0v) is 9.48. The Hall–Kier alpha value is -0.870. The van der Waals surface area contributed by atoms with E-state index < -0.39 is 5.66 Å². The first-order valence-electron chi connectivity index (χ1n) is 5.35. The van der Waals surface area contributed by atoms with Gasteiger partial charge in [-0.25, -0.2) is 0 Å². The highest BCUT2D eigenvalue weighted by Crippen LogP contribution is 2.24. The first-order chi connectivity index (χ1) is 7.20. The first-order valence-corrected chi connectivity index (χ1v) is 6.22. The second kappa shape index (κ2) is 4.33. The van der Waals surface area contributed by atoms with E-state index in [4.69, 9.17) is 5.73 Å². The van der Waals surface area contributed by atoms with Crippen LogP contribution in [-0.2, 0) is 0 Å². The van der Waals surface area contributed by atoms with E-state index in [1.807, 2.05) is 17.5 Å². The molecule has 0 saturated heterocycles. The lowest BCUT2D eigenvalue weighted by Gasteiger charge is -2.34. The lowest BCUT2D eigenvalue weighted by atomic mass is 9.90. The molecular formula is C11H16N2OS. The second-order valence-corrected chi connectivity index (χ2v) is 5.10. The number of nitrogens with two attached hydrogens (primary N) is 1. The zero-order valence-electron chi connectivity index (χ0n) is 8.66. The molecule has 1 amide bonds. The Morgan fingerprint density at radius 2 is 2.13 bits per heavy atom. The summed E-state index contributed by atoms with van der Waals surface area (Å²) in [5.74, 6) is -0.0330. The lowest BCUT2D eigenvalue weighted by Crippen LogP contribution is -2.56. The third-order valence-electron chi connectivity index (χ3n) is 2.85. The molecule has 0 unspecified atom stereocenters. The topological polar surface area (TPSA) is 55.1 Å². The summed E-state index contributed by atoms with van der Waals surface area (Å²) in [5.41, 5.74) is 5.67. The van der Waals surface area contributed by atoms with Crippen LogP contribution in [0.3, 0.4) is 0 Å². The Balaban J connectivity index is 1.98. The average Bonchev–Trinajstić information content (AvgIpc) is 2.70. The molecule has 1 aliphatic carbocycles. The summed E-state index contributed by atoms with van der Waals surface area (Å²) in [6.07, 6.45) is 5.24. The number of hydrogen-bond acceptors (Lipinski definition) is 3. The molecule has 4 heteroatoms. The maximum atomic E-state index is 11.8. The largest absolute Gasteiger partial charge is 0.333 e. The predicted molar refractivity (Wildman–Crippen MR) is 61.8 cm³/mol. The molecule has 3 nitrogen and oxygen atoms in total. The van der Waals surface area contributed by atoms with Gasteiger partial charge in [0.05, 0.1) is 10.5 Å². The van der Waals surface area contributed by atoms with Gasteiger partial charge in [-0.05, 0) is 37.1 Å². The highest BCUT2D eigenvalue weighted by Gasteiger charge is 2.29. The fourth-order valence-corrected chi connectivity index (χ4v) is 2.62. The number of carbonyl (C=O) groups is 1. The Bertz CT molecular complexity index is 328. The highest BCUT2D eigenvalue weighted by molar-refractivity contribution is 7.12. The minimum Gasteiger partial charge on any atom is -0.333 e. The zero-order chi connectivity index (χ0) is 10.7. The molecule has 0 spiro atoms. The van der Waals surface area contributed by atoms with E-state index >= 15 is 0 Å². The number of nitrogens with one attached hydrogen (secondary N) is 1. The van der Waals surface area contributed by atoms with Crippen LogP contribution in [0.1, 0.15) is 41.8 Å². The minimum absolute atomic E-state index is 0.0330. The molecule has 3 N–H and O–H groups in total. The van der Waals surface area contributed by atoms with Crippen LogP contribution in [0.25, 0.3) is 0 Å². The van der Waals surface area contributed by atoms with Gasteiger partial charge < -0.3 is 11.1 Å². The lowest BCUT2D eigenvalue weighted by molar-refractivity contribution is 0.0878. The van der Waals surface area contributed by atoms with Crippen LogP contribution in [0.5, 0.6) is 0 Å². The van der Waals surface area contributed by atoms with Crippen molar-refractivity contribution in [2.75, 3.05) is 0 Å². The Labute approximate surface area is 93.7 Å². The molecular weight excluding hydrogens is 208 g/mol. The van der Waals surface area contributed by atoms with Gasteiger partial charge in [-0.2, -0.15) is 0 Å². The summed E-state index contributed by atoms with van der Waals surface area (Å²) >= 11 is 1.45. The summed E-state index contributed by atoms with van der Waals surface area (Å²) in [5, 5.41) is 4.85. The molecule has 1 aliphatic rings. The normalized spacial score (nSPS) is 19.8. The van der Waals surface area contributed by atoms with E-state index in [1.165, 1.54) is 17.8 Å². The molecule has 1 aromatic heterocycles. The fourth-order valence-electron chi connectivity index (χ4n) is 2.00. The third-order valence-corrected chi connectivity index (χ3v) is 3.72. The van der Waals surface area contributed by atoms with Crippen molar-refractivity contribution in [3.63, 3.8) is 0 Å². The number of thiophene rings is 1. The van der Waals surface area contributed by atoms with E-state index in [-0.39, 0.29) is 5.91 Å². The molecule has 0 bridgehead atoms. The van der Waals surface area contributed by atoms with Crippen LogP contribution in [0.2, 0.25) is 0 Å². The second-order valence-electron chi connectivity index (χ2n) is 4.15. The van der Waals surface area contributed by atoms with Crippen molar-refractivity contribution in [1.82, 2.24) is 5.32 Å². The van der Waals surface area contributed by atoms with Crippen molar-refractivity contribution in [3.05, 3.63) is 22.4 Å². The average molecular weight is 224 g/mol. The molecule has 0 radical (unpaired) electrons. The van der Waals surface area contributed by atoms with Crippen LogP contribution < -0.4 is 11.1 Å². The molecule has 15 heavy (non-hydrogen) atoms. The van der Waals surface area contributed by atoms with Crippen molar-refractivity contribution in [2.24, 2.45) is 5.73 Å². The summed E-state index contributed by atoms with van der Waals surface area (Å²) in [6, 6.07) is 3.70. The van der Waals surface area contributed by atoms with Gasteiger partial charge in [0.25, 0.3) is 5.91 Å². The Morgan fingerprint density at radius 3 is 2.73 bits per heavy atom. The van der Waals surface area contributed by atoms with Gasteiger partial charge >= 0.3 is 0 Å². The summed E-state index contributed by atoms with van der Waals surface area (Å²) in [6.45, 7) is 0. The van der Waals surface area contributed by atoms with Gasteiger partial charge in [0.1, 0.15) is 0 Å². The maximum Gasteiger partial charge on any atom is 0.262 e. The molecule has 82 valence electrons. The van der Waals surface area contributed by atoms with Gasteiger partial charge in [-0.3, -0.25) is 4.79 Å². The molecule has 1 fully saturated rings. The fraction of sp³-hybridized carbons (Fsp3) is 0.545. The van der Waals surface area contributed by atoms with E-state index in [1.54, 1.807) is 0 Å². The number of rotatable bonds is 2. The van der Waals surface area contributed by atoms with Crippen molar-refractivity contribution in [2.45, 2.75) is 37.8 Å². The molecule has 0 aliphatic heterocycles. The van der Waals surface area contributed by atoms with Crippen molar-refractivity contribution in [3.8, 4) is 0 Å². The van der Waals surface area contributed by atoms with Crippen LogP contribution in [0.4, 0.5) is 0 Å². The first kappa shape index (κ1) is 10.6. The Morgan fingerprint density at radius 1 is 1.40 bits per heavy atom. The standard InChI is InChI=1S/C11H16N2OS/c12-11(6-2-1-3-7-11)13-10(14)9-5-4-8-15-9/h4-5,8H,1-3,6-7,12H2,(H,13,14). The summed E-state index contributed by atoms with van der Waals surface area (Å²) in [7, 11) is 0. The smallest absolute Gasteiger partial charge is 0.262 e. The highest BCUT2D eigenvalue weighted by atomic mass is 32.1. The monoisotopic (exact) mass is 224 g/mol. The molecule has 1 aromatic rings. The van der Waals surface area contributed by atoms with Crippen molar-refractivity contribution >= 4 is 17.2 Å². The van der Waals surface area contributed by atoms with Crippen molar-refractivity contribution < 1.29 is 4.79 Å². The van der Waals surface area contributed by atoms with Crippen molar-refractivity contribution in [1.29, 1.82) is 0 Å². The van der Waals surface area contributed by atoms with E-state index in [9.17, 15) is 4.79 Å². The van der Waals surface area contributed by atoms with Crippen LogP contribution in [-0.4, -0.2) is 11.6 Å². The molecule has 0 atom stereocenters. The quantitative estimate of drug-likeness (QED) is 0.756. The minimum atomic E-state index is -0.473. The molecule has 1 heterocycles. The predicted octanol–water partition coefficient (Wildman–Crippen LogP) is 2.10. The Kier molecular flexibility index (Phi) is 3.07. The van der Waals surface area contributed by atoms with E-state index in [0.29, 0.717) is 0 Å². The molecule has 1 saturated carbocycles. The van der Waals surface area contributed by atoms with Crippen LogP contribution >= 0.6 is 11.3 Å². The number of hydrogen-bond donors (Lipinski definition) is 2. The maximum absolute atomic E-state index is 11.8. The summed E-state index contributed by atoms with van der Waals surface area (Å²) < 4.78 is 0. The molecule has 2 rings (SSSR count). The van der Waals surface area contributed by atoms with Gasteiger partial charge in [0.2, 0.25) is 0 Å². The van der Waals surface area contributed by atoms with Gasteiger partial charge in [-0.1, -0.05) is 12.5 Å². The third kappa shape index (κ3) is 2.58.